The minimum Gasteiger partial charge on any atom is -0.447 e. The first-order valence-corrected chi connectivity index (χ1v) is 9.96. The third-order valence-electron chi connectivity index (χ3n) is 5.25. The van der Waals surface area contributed by atoms with Gasteiger partial charge in [-0.25, -0.2) is 9.37 Å². The predicted molar refractivity (Wildman–Crippen MR) is 108 cm³/mol. The fourth-order valence-corrected chi connectivity index (χ4v) is 3.15. The number of anilines is 1. The number of oxazole rings is 1. The van der Waals surface area contributed by atoms with Gasteiger partial charge in [0, 0.05) is 38.4 Å². The lowest BCUT2D eigenvalue weighted by Gasteiger charge is -2.35. The molecule has 0 radical (unpaired) electrons. The fourth-order valence-electron chi connectivity index (χ4n) is 3.15. The monoisotopic (exact) mass is 404 g/mol. The quantitative estimate of drug-likeness (QED) is 0.738. The number of piperazine rings is 1. The molecule has 8 heteroatoms. The Bertz CT molecular complexity index is 831. The number of hydrogen-bond donors (Lipinski definition) is 2. The van der Waals surface area contributed by atoms with Gasteiger partial charge in [0.05, 0.1) is 12.6 Å². The lowest BCUT2D eigenvalue weighted by atomic mass is 10.1. The van der Waals surface area contributed by atoms with Gasteiger partial charge in [0.2, 0.25) is 5.89 Å². The zero-order valence-corrected chi connectivity index (χ0v) is 17.2. The fraction of sp³-hybridized carbons (Fsp3) is 0.524. The summed E-state index contributed by atoms with van der Waals surface area (Å²) >= 11 is 0. The molecule has 1 atom stereocenters. The van der Waals surface area contributed by atoms with Crippen molar-refractivity contribution in [1.29, 1.82) is 0 Å². The molecular weight excluding hydrogens is 375 g/mol. The van der Waals surface area contributed by atoms with Gasteiger partial charge in [-0.2, -0.15) is 0 Å². The van der Waals surface area contributed by atoms with Crippen molar-refractivity contribution in [2.45, 2.75) is 33.4 Å². The van der Waals surface area contributed by atoms with Gasteiger partial charge in [0.25, 0.3) is 5.91 Å². The Morgan fingerprint density at radius 2 is 1.97 bits per heavy atom. The third kappa shape index (κ3) is 5.85. The molecule has 0 spiro atoms. The molecule has 2 N–H and O–H groups in total. The number of nitrogens with one attached hydrogen (secondary N) is 1. The summed E-state index contributed by atoms with van der Waals surface area (Å²) in [7, 11) is 0. The molecule has 29 heavy (non-hydrogen) atoms. The summed E-state index contributed by atoms with van der Waals surface area (Å²) in [5, 5.41) is 12.7. The van der Waals surface area contributed by atoms with E-state index >= 15 is 0 Å². The standard InChI is InChI=1S/C21H29FN4O3/c1-14(2)19(27)11-25-6-8-26(9-7-25)12-20-24-18(13-29-20)21(28)23-16-5-4-15(3)17(22)10-16/h4-5,10,13-14,19,27H,6-9,11-12H2,1-3H3,(H,23,28)/t19-/m1/s1. The maximum absolute atomic E-state index is 13.6. The molecule has 0 aliphatic carbocycles. The third-order valence-corrected chi connectivity index (χ3v) is 5.25. The highest BCUT2D eigenvalue weighted by molar-refractivity contribution is 6.02. The van der Waals surface area contributed by atoms with Crippen LogP contribution in [0.25, 0.3) is 0 Å². The number of aliphatic hydroxyl groups is 1. The molecular formula is C21H29FN4O3. The summed E-state index contributed by atoms with van der Waals surface area (Å²) in [6, 6.07) is 4.54. The van der Waals surface area contributed by atoms with Gasteiger partial charge in [-0.15, -0.1) is 0 Å². The Morgan fingerprint density at radius 3 is 2.62 bits per heavy atom. The smallest absolute Gasteiger partial charge is 0.277 e. The highest BCUT2D eigenvalue weighted by Crippen LogP contribution is 2.16. The number of aliphatic hydroxyl groups excluding tert-OH is 1. The van der Waals surface area contributed by atoms with E-state index in [4.69, 9.17) is 4.42 Å². The first-order chi connectivity index (χ1) is 13.8. The molecule has 0 unspecified atom stereocenters. The number of benzene rings is 1. The lowest BCUT2D eigenvalue weighted by molar-refractivity contribution is 0.0463. The summed E-state index contributed by atoms with van der Waals surface area (Å²) in [6.07, 6.45) is 1.01. The van der Waals surface area contributed by atoms with E-state index in [-0.39, 0.29) is 23.5 Å². The minimum atomic E-state index is -0.434. The Hall–Kier alpha value is -2.29. The van der Waals surface area contributed by atoms with Crippen LogP contribution in [0.2, 0.25) is 0 Å². The van der Waals surface area contributed by atoms with Crippen LogP contribution in [0, 0.1) is 18.7 Å². The molecule has 1 aromatic heterocycles. The van der Waals surface area contributed by atoms with Crippen LogP contribution in [-0.4, -0.2) is 64.6 Å². The molecule has 3 rings (SSSR count). The van der Waals surface area contributed by atoms with Crippen molar-refractivity contribution in [3.63, 3.8) is 0 Å². The molecule has 1 aromatic carbocycles. The average Bonchev–Trinajstić information content (AvgIpc) is 3.15. The lowest BCUT2D eigenvalue weighted by Crippen LogP contribution is -2.48. The molecule has 1 aliphatic heterocycles. The van der Waals surface area contributed by atoms with Crippen LogP contribution in [0.5, 0.6) is 0 Å². The number of hydrogen-bond acceptors (Lipinski definition) is 6. The van der Waals surface area contributed by atoms with Gasteiger partial charge in [-0.05, 0) is 30.5 Å². The van der Waals surface area contributed by atoms with E-state index in [1.807, 2.05) is 13.8 Å². The van der Waals surface area contributed by atoms with Crippen molar-refractivity contribution in [3.05, 3.63) is 47.4 Å². The predicted octanol–water partition coefficient (Wildman–Crippen LogP) is 2.51. The van der Waals surface area contributed by atoms with E-state index in [0.29, 0.717) is 30.2 Å². The number of carbonyl (C=O) groups is 1. The first kappa shape index (κ1) is 21.4. The Morgan fingerprint density at radius 1 is 1.28 bits per heavy atom. The molecule has 2 heterocycles. The number of β-amino-alcohol motifs (C(OH)–C–C–N with tert-alkyl or cyclic N) is 1. The van der Waals surface area contributed by atoms with Crippen molar-refractivity contribution in [1.82, 2.24) is 14.8 Å². The second kappa shape index (κ2) is 9.47. The molecule has 1 fully saturated rings. The second-order valence-corrected chi connectivity index (χ2v) is 7.93. The zero-order chi connectivity index (χ0) is 21.0. The number of carbonyl (C=O) groups excluding carboxylic acids is 1. The number of aryl methyl sites for hydroxylation is 1. The Kier molecular flexibility index (Phi) is 7.00. The highest BCUT2D eigenvalue weighted by atomic mass is 19.1. The van der Waals surface area contributed by atoms with Gasteiger partial charge in [-0.1, -0.05) is 19.9 Å². The van der Waals surface area contributed by atoms with Crippen molar-refractivity contribution >= 4 is 11.6 Å². The number of aromatic nitrogens is 1. The van der Waals surface area contributed by atoms with E-state index in [1.54, 1.807) is 19.1 Å². The van der Waals surface area contributed by atoms with Gasteiger partial charge >= 0.3 is 0 Å². The van der Waals surface area contributed by atoms with Gasteiger partial charge in [0.1, 0.15) is 12.1 Å². The average molecular weight is 404 g/mol. The number of halogens is 1. The highest BCUT2D eigenvalue weighted by Gasteiger charge is 2.22. The van der Waals surface area contributed by atoms with E-state index in [0.717, 1.165) is 26.2 Å². The van der Waals surface area contributed by atoms with Crippen LogP contribution in [0.4, 0.5) is 10.1 Å². The molecule has 0 saturated carbocycles. The summed E-state index contributed by atoms with van der Waals surface area (Å²) < 4.78 is 19.1. The summed E-state index contributed by atoms with van der Waals surface area (Å²) in [6.45, 7) is 10.3. The molecule has 0 bridgehead atoms. The molecule has 1 amide bonds. The Labute approximate surface area is 170 Å². The Balaban J connectivity index is 1.49. The van der Waals surface area contributed by atoms with Crippen LogP contribution in [0.1, 0.15) is 35.8 Å². The largest absolute Gasteiger partial charge is 0.447 e. The molecule has 2 aromatic rings. The van der Waals surface area contributed by atoms with Gasteiger partial charge < -0.3 is 14.8 Å². The second-order valence-electron chi connectivity index (χ2n) is 7.93. The van der Waals surface area contributed by atoms with E-state index in [1.165, 1.54) is 12.3 Å². The van der Waals surface area contributed by atoms with E-state index in [9.17, 15) is 14.3 Å². The van der Waals surface area contributed by atoms with E-state index < -0.39 is 5.91 Å². The van der Waals surface area contributed by atoms with Crippen LogP contribution in [0.15, 0.2) is 28.9 Å². The van der Waals surface area contributed by atoms with Crippen LogP contribution in [-0.2, 0) is 6.54 Å². The molecule has 7 nitrogen and oxygen atoms in total. The number of rotatable bonds is 7. The van der Waals surface area contributed by atoms with Crippen molar-refractivity contribution in [2.24, 2.45) is 5.92 Å². The van der Waals surface area contributed by atoms with Crippen LogP contribution >= 0.6 is 0 Å². The van der Waals surface area contributed by atoms with Crippen molar-refractivity contribution < 1.29 is 18.7 Å². The SMILES string of the molecule is Cc1ccc(NC(=O)c2coc(CN3CCN(C[C@@H](O)C(C)C)CC3)n2)cc1F. The minimum absolute atomic E-state index is 0.166. The van der Waals surface area contributed by atoms with Gasteiger partial charge in [-0.3, -0.25) is 14.6 Å². The number of amides is 1. The van der Waals surface area contributed by atoms with Crippen molar-refractivity contribution in [3.8, 4) is 0 Å². The van der Waals surface area contributed by atoms with Crippen LogP contribution in [0.3, 0.4) is 0 Å². The maximum atomic E-state index is 13.6. The molecule has 1 aliphatic rings. The van der Waals surface area contributed by atoms with Crippen molar-refractivity contribution in [2.75, 3.05) is 38.0 Å². The molecule has 1 saturated heterocycles. The number of nitrogens with zero attached hydrogens (tertiary/aromatic N) is 3. The van der Waals surface area contributed by atoms with E-state index in [2.05, 4.69) is 20.1 Å². The van der Waals surface area contributed by atoms with Gasteiger partial charge in [0.15, 0.2) is 5.69 Å². The maximum Gasteiger partial charge on any atom is 0.277 e. The topological polar surface area (TPSA) is 81.8 Å². The molecule has 158 valence electrons. The normalized spacial score (nSPS) is 16.9. The van der Waals surface area contributed by atoms with Crippen LogP contribution < -0.4 is 5.32 Å². The first-order valence-electron chi connectivity index (χ1n) is 9.96. The summed E-state index contributed by atoms with van der Waals surface area (Å²) in [5.74, 6) is -0.0818. The summed E-state index contributed by atoms with van der Waals surface area (Å²) in [5.41, 5.74) is 1.06. The zero-order valence-electron chi connectivity index (χ0n) is 17.2. The summed E-state index contributed by atoms with van der Waals surface area (Å²) in [4.78, 5) is 21.0.